The Balaban J connectivity index is 1.73. The Bertz CT molecular complexity index is 1490. The van der Waals surface area contributed by atoms with E-state index in [1.807, 2.05) is 27.7 Å². The Hall–Kier alpha value is -2.48. The van der Waals surface area contributed by atoms with Crippen molar-refractivity contribution in [1.29, 1.82) is 0 Å². The summed E-state index contributed by atoms with van der Waals surface area (Å²) in [5.74, 6) is -5.89. The molecule has 13 atom stereocenters. The highest BCUT2D eigenvalue weighted by Crippen LogP contribution is 2.39. The normalized spacial score (nSPS) is 38.1. The number of nitrogens with zero attached hydrogens (tertiary/aromatic N) is 2. The lowest BCUT2D eigenvalue weighted by Crippen LogP contribution is -2.64. The van der Waals surface area contributed by atoms with Gasteiger partial charge in [-0.3, -0.25) is 14.4 Å². The number of fused-ring (bicyclic) bond motifs is 3. The van der Waals surface area contributed by atoms with Crippen LogP contribution in [0, 0.1) is 29.6 Å². The van der Waals surface area contributed by atoms with Crippen LogP contribution in [0.25, 0.3) is 0 Å². The molecule has 12 heteroatoms. The minimum absolute atomic E-state index is 0.0556. The van der Waals surface area contributed by atoms with E-state index >= 15 is 0 Å². The number of methoxy groups -OCH3 is 2. The van der Waals surface area contributed by atoms with Crippen LogP contribution in [0.15, 0.2) is 23.3 Å². The second kappa shape index (κ2) is 22.0. The lowest BCUT2D eigenvalue weighted by atomic mass is 9.81. The maximum absolute atomic E-state index is 14.4. The Morgan fingerprint density at radius 3 is 2.29 bits per heavy atom. The lowest BCUT2D eigenvalue weighted by molar-refractivity contribution is -0.302. The topological polar surface area (TPSA) is 141 Å². The molecule has 336 valence electrons. The molecule has 0 aromatic rings. The van der Waals surface area contributed by atoms with Gasteiger partial charge in [-0.1, -0.05) is 45.4 Å². The van der Waals surface area contributed by atoms with E-state index in [1.165, 1.54) is 4.90 Å². The first-order chi connectivity index (χ1) is 27.8. The van der Waals surface area contributed by atoms with Gasteiger partial charge in [0, 0.05) is 45.1 Å². The third-order valence-corrected chi connectivity index (χ3v) is 13.6. The summed E-state index contributed by atoms with van der Waals surface area (Å²) in [6.07, 6.45) is 9.25. The SMILES string of the molecule is CCC1C=C(C)CC(C)CC(OC)C2OC(O)(C(=O)C(=O)N3CCCCC3C(=O)OC(C(C)=CC3CCC(N(C)C)C(OC(C)C)C3)C(C)CCC1=O)C(C)CC2OC. The minimum Gasteiger partial charge on any atom is -0.456 e. The van der Waals surface area contributed by atoms with E-state index in [0.717, 1.165) is 30.4 Å². The minimum atomic E-state index is -2.45. The maximum atomic E-state index is 14.4. The van der Waals surface area contributed by atoms with Crippen LogP contribution in [0.1, 0.15) is 132 Å². The van der Waals surface area contributed by atoms with Gasteiger partial charge in [-0.2, -0.15) is 0 Å². The van der Waals surface area contributed by atoms with Crippen molar-refractivity contribution in [3.05, 3.63) is 23.3 Å². The van der Waals surface area contributed by atoms with Crippen LogP contribution in [0.2, 0.25) is 0 Å². The number of carbonyl (C=O) groups is 4. The van der Waals surface area contributed by atoms with Crippen molar-refractivity contribution in [1.82, 2.24) is 9.80 Å². The summed E-state index contributed by atoms with van der Waals surface area (Å²) in [6.45, 7) is 16.2. The Labute approximate surface area is 355 Å². The molecule has 4 aliphatic rings. The largest absolute Gasteiger partial charge is 0.456 e. The number of Topliss-reactive ketones (excluding diaryl/α,β-unsaturated/α-hetero) is 2. The van der Waals surface area contributed by atoms with Gasteiger partial charge in [0.1, 0.15) is 24.0 Å². The molecular formula is C47H78N2O10. The summed E-state index contributed by atoms with van der Waals surface area (Å²) in [5.41, 5.74) is 2.00. The summed E-state index contributed by atoms with van der Waals surface area (Å²) in [7, 11) is 7.32. The summed E-state index contributed by atoms with van der Waals surface area (Å²) >= 11 is 0. The van der Waals surface area contributed by atoms with Crippen LogP contribution in [-0.2, 0) is 42.9 Å². The molecule has 1 aliphatic carbocycles. The Morgan fingerprint density at radius 1 is 0.983 bits per heavy atom. The van der Waals surface area contributed by atoms with Crippen molar-refractivity contribution in [2.75, 3.05) is 34.9 Å². The third kappa shape index (κ3) is 12.3. The number of amides is 1. The van der Waals surface area contributed by atoms with E-state index in [-0.39, 0.29) is 54.6 Å². The summed E-state index contributed by atoms with van der Waals surface area (Å²) < 4.78 is 31.0. The van der Waals surface area contributed by atoms with E-state index < -0.39 is 59.8 Å². The highest BCUT2D eigenvalue weighted by molar-refractivity contribution is 6.39. The molecule has 0 aromatic carbocycles. The van der Waals surface area contributed by atoms with E-state index in [0.29, 0.717) is 57.4 Å². The molecule has 3 fully saturated rings. The molecule has 1 saturated carbocycles. The number of allylic oxidation sites excluding steroid dienone is 3. The molecule has 2 saturated heterocycles. The number of rotatable bonds is 8. The fourth-order valence-electron chi connectivity index (χ4n) is 10.2. The fourth-order valence-corrected chi connectivity index (χ4v) is 10.2. The Kier molecular flexibility index (Phi) is 18.4. The van der Waals surface area contributed by atoms with Crippen molar-refractivity contribution in [3.63, 3.8) is 0 Å². The lowest BCUT2D eigenvalue weighted by Gasteiger charge is -2.47. The van der Waals surface area contributed by atoms with Crippen LogP contribution < -0.4 is 0 Å². The summed E-state index contributed by atoms with van der Waals surface area (Å²) in [6, 6.07) is -0.717. The first-order valence-corrected chi connectivity index (χ1v) is 22.6. The second-order valence-corrected chi connectivity index (χ2v) is 19.0. The first-order valence-electron chi connectivity index (χ1n) is 22.6. The van der Waals surface area contributed by atoms with Crippen molar-refractivity contribution in [3.8, 4) is 0 Å². The van der Waals surface area contributed by atoms with Gasteiger partial charge in [-0.05, 0) is 136 Å². The number of cyclic esters (lactones) is 1. The highest BCUT2D eigenvalue weighted by Gasteiger charge is 2.56. The quantitative estimate of drug-likeness (QED) is 0.156. The highest BCUT2D eigenvalue weighted by atomic mass is 16.7. The van der Waals surface area contributed by atoms with Crippen molar-refractivity contribution in [2.45, 2.75) is 187 Å². The van der Waals surface area contributed by atoms with Gasteiger partial charge in [0.05, 0.1) is 24.4 Å². The van der Waals surface area contributed by atoms with Crippen molar-refractivity contribution < 1.29 is 48.0 Å². The number of hydrogen-bond acceptors (Lipinski definition) is 11. The molecule has 1 amide bonds. The monoisotopic (exact) mass is 831 g/mol. The molecule has 59 heavy (non-hydrogen) atoms. The number of esters is 1. The molecule has 0 spiro atoms. The van der Waals surface area contributed by atoms with Crippen LogP contribution >= 0.6 is 0 Å². The molecule has 4 rings (SSSR count). The molecule has 13 unspecified atom stereocenters. The predicted molar refractivity (Wildman–Crippen MR) is 227 cm³/mol. The molecule has 0 radical (unpaired) electrons. The van der Waals surface area contributed by atoms with E-state index in [1.54, 1.807) is 21.1 Å². The maximum Gasteiger partial charge on any atom is 0.329 e. The molecule has 1 N–H and O–H groups in total. The number of hydrogen-bond donors (Lipinski definition) is 1. The van der Waals surface area contributed by atoms with Crippen LogP contribution in [-0.4, -0.2) is 128 Å². The fraction of sp³-hybridized carbons (Fsp3) is 0.830. The first kappa shape index (κ1) is 49.2. The number of ketones is 2. The zero-order valence-corrected chi connectivity index (χ0v) is 38.4. The number of ether oxygens (including phenoxy) is 5. The summed E-state index contributed by atoms with van der Waals surface area (Å²) in [5, 5.41) is 12.1. The van der Waals surface area contributed by atoms with Gasteiger partial charge in [-0.15, -0.1) is 0 Å². The molecule has 3 heterocycles. The van der Waals surface area contributed by atoms with E-state index in [4.69, 9.17) is 23.7 Å². The van der Waals surface area contributed by atoms with Gasteiger partial charge in [0.25, 0.3) is 11.7 Å². The number of aliphatic hydroxyl groups is 1. The average molecular weight is 831 g/mol. The number of carbonyl (C=O) groups excluding carboxylic acids is 4. The second-order valence-electron chi connectivity index (χ2n) is 19.0. The van der Waals surface area contributed by atoms with Crippen LogP contribution in [0.5, 0.6) is 0 Å². The molecular weight excluding hydrogens is 753 g/mol. The smallest absolute Gasteiger partial charge is 0.329 e. The van der Waals surface area contributed by atoms with Gasteiger partial charge in [-0.25, -0.2) is 4.79 Å². The average Bonchev–Trinajstić information content (AvgIpc) is 3.19. The molecule has 3 aliphatic heterocycles. The third-order valence-electron chi connectivity index (χ3n) is 13.6. The van der Waals surface area contributed by atoms with E-state index in [9.17, 15) is 24.3 Å². The molecule has 0 aromatic heterocycles. The van der Waals surface area contributed by atoms with Crippen molar-refractivity contribution in [2.24, 2.45) is 29.6 Å². The van der Waals surface area contributed by atoms with Gasteiger partial charge in [0.15, 0.2) is 0 Å². The predicted octanol–water partition coefficient (Wildman–Crippen LogP) is 6.85. The Morgan fingerprint density at radius 2 is 1.66 bits per heavy atom. The zero-order chi connectivity index (χ0) is 43.8. The van der Waals surface area contributed by atoms with Gasteiger partial charge < -0.3 is 38.6 Å². The summed E-state index contributed by atoms with van der Waals surface area (Å²) in [4.78, 5) is 60.4. The van der Waals surface area contributed by atoms with Crippen molar-refractivity contribution >= 4 is 23.4 Å². The van der Waals surface area contributed by atoms with Gasteiger partial charge in [0.2, 0.25) is 5.79 Å². The van der Waals surface area contributed by atoms with Crippen LogP contribution in [0.4, 0.5) is 0 Å². The number of piperidine rings is 1. The standard InChI is InChI=1S/C47H78N2O10/c1-13-35-23-29(4)22-30(5)24-40(55-11)43-41(56-12)26-33(8)47(54,59-43)44(51)45(52)49-21-15-14-16-37(49)46(53)58-42(31(6)17-20-38(35)50)32(7)25-34-18-19-36(48(9)10)39(27-34)57-28(2)3/h23,25,28,30-31,33-37,39-43,54H,13-22,24,26-27H2,1-12H3. The zero-order valence-electron chi connectivity index (χ0n) is 38.4. The van der Waals surface area contributed by atoms with E-state index in [2.05, 4.69) is 51.9 Å². The number of likely N-dealkylation sites (N-methyl/N-ethyl adjacent to an activating group) is 1. The molecule has 12 nitrogen and oxygen atoms in total. The van der Waals surface area contributed by atoms with Gasteiger partial charge >= 0.3 is 5.97 Å². The van der Waals surface area contributed by atoms with Crippen LogP contribution in [0.3, 0.4) is 0 Å². The molecule has 2 bridgehead atoms.